The van der Waals surface area contributed by atoms with Crippen LogP contribution in [0.4, 0.5) is 4.79 Å². The summed E-state index contributed by atoms with van der Waals surface area (Å²) < 4.78 is 11.3. The molecule has 0 spiro atoms. The van der Waals surface area contributed by atoms with Crippen molar-refractivity contribution >= 4 is 11.6 Å². The average molecular weight is 461 g/mol. The lowest BCUT2D eigenvalue weighted by molar-refractivity contribution is 0.199. The Morgan fingerprint density at radius 2 is 1.82 bits per heavy atom. The van der Waals surface area contributed by atoms with Crippen LogP contribution in [0.3, 0.4) is 0 Å². The number of ether oxygens (including phenoxy) is 1. The summed E-state index contributed by atoms with van der Waals surface area (Å²) in [5, 5.41) is 7.41. The van der Waals surface area contributed by atoms with Gasteiger partial charge < -0.3 is 14.6 Å². The second kappa shape index (κ2) is 9.71. The van der Waals surface area contributed by atoms with Crippen LogP contribution in [-0.2, 0) is 0 Å². The van der Waals surface area contributed by atoms with Crippen LogP contribution in [-0.4, -0.2) is 34.2 Å². The summed E-state index contributed by atoms with van der Waals surface area (Å²) in [7, 11) is 0. The summed E-state index contributed by atoms with van der Waals surface area (Å²) in [4.78, 5) is 19.6. The number of urea groups is 1. The van der Waals surface area contributed by atoms with Crippen molar-refractivity contribution in [1.82, 2.24) is 20.4 Å². The quantitative estimate of drug-likeness (QED) is 0.474. The fraction of sp³-hybridized carbons (Fsp3) is 0.370. The Balaban J connectivity index is 1.77. The molecule has 1 unspecified atom stereocenters. The van der Waals surface area contributed by atoms with Gasteiger partial charge in [0.1, 0.15) is 5.75 Å². The first-order valence-corrected chi connectivity index (χ1v) is 11.7. The number of nitrogens with one attached hydrogen (secondary N) is 1. The lowest BCUT2D eigenvalue weighted by Crippen LogP contribution is -2.47. The number of hydrogen-bond acceptors (Lipinski definition) is 5. The van der Waals surface area contributed by atoms with E-state index < -0.39 is 0 Å². The highest BCUT2D eigenvalue weighted by molar-refractivity contribution is 5.87. The Morgan fingerprint density at radius 1 is 1.09 bits per heavy atom. The van der Waals surface area contributed by atoms with E-state index in [1.807, 2.05) is 44.2 Å². The molecule has 3 aromatic rings. The van der Waals surface area contributed by atoms with Crippen molar-refractivity contribution in [3.05, 3.63) is 70.7 Å². The van der Waals surface area contributed by atoms with Gasteiger partial charge in [0.2, 0.25) is 5.82 Å². The number of carbonyl (C=O) groups excluding carboxylic acids is 1. The third-order valence-corrected chi connectivity index (χ3v) is 6.09. The Bertz CT molecular complexity index is 1210. The maximum Gasteiger partial charge on any atom is 0.322 e. The van der Waals surface area contributed by atoms with E-state index in [0.29, 0.717) is 30.8 Å². The molecule has 7 nitrogen and oxygen atoms in total. The van der Waals surface area contributed by atoms with E-state index in [2.05, 4.69) is 50.3 Å². The number of allylic oxidation sites excluding steroid dienone is 1. The van der Waals surface area contributed by atoms with E-state index in [9.17, 15) is 4.79 Å². The van der Waals surface area contributed by atoms with Crippen molar-refractivity contribution in [2.75, 3.05) is 13.2 Å². The minimum absolute atomic E-state index is 0.121. The van der Waals surface area contributed by atoms with Crippen molar-refractivity contribution in [1.29, 1.82) is 0 Å². The molecular formula is C27H32N4O3. The largest absolute Gasteiger partial charge is 0.494 e. The standard InChI is InChI=1S/C27H32N4O3/c1-7-33-22-12-10-20(11-13-22)25-29-26(34-30-25)23-19(6)31(15-16(2)3)27(32)28-24(23)21-9-8-17(4)18(5)14-21/h8-14,16,24H,7,15H2,1-6H3,(H,28,32). The topological polar surface area (TPSA) is 80.5 Å². The first-order valence-electron chi connectivity index (χ1n) is 11.7. The molecule has 1 N–H and O–H groups in total. The zero-order valence-corrected chi connectivity index (χ0v) is 20.7. The number of aromatic nitrogens is 2. The highest BCUT2D eigenvalue weighted by Gasteiger charge is 2.36. The molecule has 0 bridgehead atoms. The molecule has 0 fully saturated rings. The van der Waals surface area contributed by atoms with Crippen LogP contribution in [0, 0.1) is 19.8 Å². The van der Waals surface area contributed by atoms with E-state index in [4.69, 9.17) is 14.2 Å². The van der Waals surface area contributed by atoms with Crippen LogP contribution >= 0.6 is 0 Å². The molecule has 34 heavy (non-hydrogen) atoms. The molecule has 1 aromatic heterocycles. The Morgan fingerprint density at radius 3 is 2.47 bits per heavy atom. The van der Waals surface area contributed by atoms with Crippen molar-refractivity contribution in [2.24, 2.45) is 5.92 Å². The summed E-state index contributed by atoms with van der Waals surface area (Å²) in [6, 6.07) is 13.3. The van der Waals surface area contributed by atoms with Gasteiger partial charge in [0.25, 0.3) is 5.89 Å². The van der Waals surface area contributed by atoms with Crippen LogP contribution in [0.1, 0.15) is 56.3 Å². The van der Waals surface area contributed by atoms with Gasteiger partial charge in [-0.05, 0) is 74.6 Å². The van der Waals surface area contributed by atoms with Gasteiger partial charge in [0.15, 0.2) is 0 Å². The first-order chi connectivity index (χ1) is 16.3. The van der Waals surface area contributed by atoms with E-state index >= 15 is 0 Å². The van der Waals surface area contributed by atoms with Crippen molar-refractivity contribution in [3.8, 4) is 17.1 Å². The molecule has 0 saturated heterocycles. The molecule has 0 saturated carbocycles. The molecule has 1 aliphatic heterocycles. The molecule has 2 aromatic carbocycles. The molecule has 4 rings (SSSR count). The van der Waals surface area contributed by atoms with Gasteiger partial charge in [-0.15, -0.1) is 0 Å². The van der Waals surface area contributed by atoms with Crippen molar-refractivity contribution in [3.63, 3.8) is 0 Å². The number of amides is 2. The smallest absolute Gasteiger partial charge is 0.322 e. The van der Waals surface area contributed by atoms with Crippen molar-refractivity contribution < 1.29 is 14.1 Å². The minimum atomic E-state index is -0.385. The van der Waals surface area contributed by atoms with Crippen LogP contribution in [0.5, 0.6) is 5.75 Å². The third kappa shape index (κ3) is 4.69. The van der Waals surface area contributed by atoms with Gasteiger partial charge >= 0.3 is 6.03 Å². The summed E-state index contributed by atoms with van der Waals surface area (Å²) in [6.45, 7) is 13.4. The fourth-order valence-electron chi connectivity index (χ4n) is 4.15. The maximum atomic E-state index is 13.1. The zero-order valence-electron chi connectivity index (χ0n) is 20.7. The van der Waals surface area contributed by atoms with E-state index in [0.717, 1.165) is 33.7 Å². The molecule has 2 heterocycles. The van der Waals surface area contributed by atoms with Crippen molar-refractivity contribution in [2.45, 2.75) is 47.6 Å². The van der Waals surface area contributed by atoms with E-state index in [1.54, 1.807) is 4.90 Å². The molecule has 0 radical (unpaired) electrons. The van der Waals surface area contributed by atoms with Gasteiger partial charge in [-0.3, -0.25) is 4.90 Å². The monoisotopic (exact) mass is 460 g/mol. The number of aryl methyl sites for hydroxylation is 2. The van der Waals surface area contributed by atoms with Gasteiger partial charge in [-0.2, -0.15) is 4.98 Å². The molecule has 178 valence electrons. The number of rotatable bonds is 7. The van der Waals surface area contributed by atoms with Crippen LogP contribution in [0.15, 0.2) is 52.7 Å². The Labute approximate surface area is 200 Å². The first kappa shape index (κ1) is 23.5. The fourth-order valence-corrected chi connectivity index (χ4v) is 4.15. The highest BCUT2D eigenvalue weighted by Crippen LogP contribution is 2.38. The predicted octanol–water partition coefficient (Wildman–Crippen LogP) is 5.91. The van der Waals surface area contributed by atoms with Crippen LogP contribution < -0.4 is 10.1 Å². The molecule has 2 amide bonds. The van der Waals surface area contributed by atoms with Gasteiger partial charge in [0, 0.05) is 17.8 Å². The summed E-state index contributed by atoms with van der Waals surface area (Å²) >= 11 is 0. The molecule has 1 aliphatic rings. The minimum Gasteiger partial charge on any atom is -0.494 e. The normalized spacial score (nSPS) is 16.3. The third-order valence-electron chi connectivity index (χ3n) is 6.09. The van der Waals surface area contributed by atoms with Gasteiger partial charge in [-0.1, -0.05) is 37.2 Å². The molecule has 7 heteroatoms. The summed E-state index contributed by atoms with van der Waals surface area (Å²) in [5.41, 5.74) is 5.81. The zero-order chi connectivity index (χ0) is 24.4. The lowest BCUT2D eigenvalue weighted by atomic mass is 9.92. The summed E-state index contributed by atoms with van der Waals surface area (Å²) in [5.74, 6) is 1.99. The lowest BCUT2D eigenvalue weighted by Gasteiger charge is -2.36. The number of benzene rings is 2. The highest BCUT2D eigenvalue weighted by atomic mass is 16.5. The van der Waals surface area contributed by atoms with Gasteiger partial charge in [-0.25, -0.2) is 4.79 Å². The van der Waals surface area contributed by atoms with Crippen LogP contribution in [0.25, 0.3) is 17.0 Å². The van der Waals surface area contributed by atoms with Crippen LogP contribution in [0.2, 0.25) is 0 Å². The van der Waals surface area contributed by atoms with Gasteiger partial charge in [0.05, 0.1) is 18.2 Å². The SMILES string of the molecule is CCOc1ccc(-c2noc(C3=C(C)N(CC(C)C)C(=O)NC3c3ccc(C)c(C)c3)n2)cc1. The molecule has 0 aliphatic carbocycles. The number of carbonyl (C=O) groups is 1. The second-order valence-corrected chi connectivity index (χ2v) is 9.11. The average Bonchev–Trinajstić information content (AvgIpc) is 3.28. The maximum absolute atomic E-state index is 13.1. The summed E-state index contributed by atoms with van der Waals surface area (Å²) in [6.07, 6.45) is 0. The van der Waals surface area contributed by atoms with E-state index in [1.165, 1.54) is 5.56 Å². The second-order valence-electron chi connectivity index (χ2n) is 9.11. The van der Waals surface area contributed by atoms with E-state index in [-0.39, 0.29) is 12.1 Å². The number of nitrogens with zero attached hydrogens (tertiary/aromatic N) is 3. The molecular weight excluding hydrogens is 428 g/mol. The Kier molecular flexibility index (Phi) is 6.72. The Hall–Kier alpha value is -3.61. The molecule has 1 atom stereocenters. The predicted molar refractivity (Wildman–Crippen MR) is 132 cm³/mol. The number of hydrogen-bond donors (Lipinski definition) is 1.